The molecule has 1 saturated heterocycles. The summed E-state index contributed by atoms with van der Waals surface area (Å²) >= 11 is 0. The van der Waals surface area contributed by atoms with Crippen LogP contribution in [0.2, 0.25) is 0 Å². The van der Waals surface area contributed by atoms with Gasteiger partial charge >= 0.3 is 5.97 Å². The van der Waals surface area contributed by atoms with Gasteiger partial charge in [0.05, 0.1) is 12.5 Å². The van der Waals surface area contributed by atoms with Crippen molar-refractivity contribution in [1.82, 2.24) is 4.90 Å². The van der Waals surface area contributed by atoms with Crippen LogP contribution in [-0.4, -0.2) is 50.6 Å². The fourth-order valence-electron chi connectivity index (χ4n) is 3.68. The SMILES string of the molecule is CC1(C)CC(O)CC(C)(C)N1CCCC(=O)CCC(=O)O. The molecule has 0 saturated carbocycles. The zero-order chi connectivity index (χ0) is 16.3. The number of carbonyl (C=O) groups excluding carboxylic acids is 1. The van der Waals surface area contributed by atoms with Crippen molar-refractivity contribution >= 4 is 11.8 Å². The van der Waals surface area contributed by atoms with Gasteiger partial charge in [-0.3, -0.25) is 14.5 Å². The number of carboxylic acid groups (broad SMARTS) is 1. The van der Waals surface area contributed by atoms with Crippen molar-refractivity contribution in [3.05, 3.63) is 0 Å². The zero-order valence-corrected chi connectivity index (χ0v) is 13.7. The van der Waals surface area contributed by atoms with Crippen molar-refractivity contribution in [3.63, 3.8) is 0 Å². The zero-order valence-electron chi connectivity index (χ0n) is 13.7. The molecule has 1 rings (SSSR count). The molecule has 5 heteroatoms. The normalized spacial score (nSPS) is 22.1. The largest absolute Gasteiger partial charge is 0.481 e. The Morgan fingerprint density at radius 3 is 2.05 bits per heavy atom. The van der Waals surface area contributed by atoms with Gasteiger partial charge < -0.3 is 10.2 Å². The van der Waals surface area contributed by atoms with Gasteiger partial charge in [-0.15, -0.1) is 0 Å². The van der Waals surface area contributed by atoms with Gasteiger partial charge in [0.25, 0.3) is 0 Å². The number of hydrogen-bond donors (Lipinski definition) is 2. The first kappa shape index (κ1) is 18.1. The Labute approximate surface area is 127 Å². The van der Waals surface area contributed by atoms with Gasteiger partial charge in [0.2, 0.25) is 0 Å². The van der Waals surface area contributed by atoms with Crippen molar-refractivity contribution in [2.75, 3.05) is 6.54 Å². The minimum absolute atomic E-state index is 0.0186. The third-order valence-corrected chi connectivity index (χ3v) is 4.39. The van der Waals surface area contributed by atoms with Crippen LogP contribution < -0.4 is 0 Å². The first-order valence-electron chi connectivity index (χ1n) is 7.74. The molecule has 1 aliphatic rings. The fraction of sp³-hybridized carbons (Fsp3) is 0.875. The van der Waals surface area contributed by atoms with Crippen LogP contribution in [0.5, 0.6) is 0 Å². The molecular weight excluding hydrogens is 270 g/mol. The van der Waals surface area contributed by atoms with Crippen LogP contribution in [-0.2, 0) is 9.59 Å². The van der Waals surface area contributed by atoms with E-state index in [1.807, 2.05) is 0 Å². The minimum Gasteiger partial charge on any atom is -0.481 e. The van der Waals surface area contributed by atoms with Crippen LogP contribution in [0.1, 0.15) is 66.2 Å². The summed E-state index contributed by atoms with van der Waals surface area (Å²) in [5.41, 5.74) is -0.184. The third kappa shape index (κ3) is 5.40. The molecule has 0 unspecified atom stereocenters. The van der Waals surface area contributed by atoms with Crippen molar-refractivity contribution in [3.8, 4) is 0 Å². The number of aliphatic carboxylic acids is 1. The molecule has 21 heavy (non-hydrogen) atoms. The second-order valence-corrected chi connectivity index (χ2v) is 7.37. The van der Waals surface area contributed by atoms with Gasteiger partial charge in [-0.1, -0.05) is 0 Å². The average Bonchev–Trinajstić information content (AvgIpc) is 2.28. The Morgan fingerprint density at radius 1 is 1.05 bits per heavy atom. The predicted octanol–water partition coefficient (Wildman–Crippen LogP) is 2.21. The van der Waals surface area contributed by atoms with Gasteiger partial charge in [-0.05, 0) is 53.5 Å². The Balaban J connectivity index is 2.49. The summed E-state index contributed by atoms with van der Waals surface area (Å²) in [7, 11) is 0. The molecule has 1 aliphatic heterocycles. The summed E-state index contributed by atoms with van der Waals surface area (Å²) in [5.74, 6) is -0.902. The number of aliphatic hydroxyl groups excluding tert-OH is 1. The predicted molar refractivity (Wildman–Crippen MR) is 81.2 cm³/mol. The first-order valence-corrected chi connectivity index (χ1v) is 7.74. The Hall–Kier alpha value is -0.940. The van der Waals surface area contributed by atoms with Crippen molar-refractivity contribution in [2.24, 2.45) is 0 Å². The van der Waals surface area contributed by atoms with Gasteiger partial charge in [0.1, 0.15) is 5.78 Å². The molecule has 0 aromatic rings. The smallest absolute Gasteiger partial charge is 0.303 e. The van der Waals surface area contributed by atoms with Crippen LogP contribution in [0.4, 0.5) is 0 Å². The second-order valence-electron chi connectivity index (χ2n) is 7.37. The van der Waals surface area contributed by atoms with Crippen LogP contribution in [0, 0.1) is 0 Å². The number of Topliss-reactive ketones (excluding diaryl/α,β-unsaturated/α-hetero) is 1. The van der Waals surface area contributed by atoms with Crippen LogP contribution >= 0.6 is 0 Å². The second kappa shape index (κ2) is 6.88. The lowest BCUT2D eigenvalue weighted by Gasteiger charge is -2.54. The summed E-state index contributed by atoms with van der Waals surface area (Å²) in [6.45, 7) is 9.31. The van der Waals surface area contributed by atoms with E-state index in [4.69, 9.17) is 5.11 Å². The van der Waals surface area contributed by atoms with E-state index in [-0.39, 0.29) is 35.8 Å². The number of hydrogen-bond acceptors (Lipinski definition) is 4. The topological polar surface area (TPSA) is 77.8 Å². The highest BCUT2D eigenvalue weighted by Gasteiger charge is 2.44. The lowest BCUT2D eigenvalue weighted by Crippen LogP contribution is -2.61. The molecule has 2 N–H and O–H groups in total. The van der Waals surface area contributed by atoms with Gasteiger partial charge in [-0.25, -0.2) is 0 Å². The van der Waals surface area contributed by atoms with E-state index in [0.717, 1.165) is 25.8 Å². The summed E-state index contributed by atoms with van der Waals surface area (Å²) < 4.78 is 0. The van der Waals surface area contributed by atoms with E-state index in [0.29, 0.717) is 6.42 Å². The number of carboxylic acids is 1. The highest BCUT2D eigenvalue weighted by atomic mass is 16.4. The monoisotopic (exact) mass is 299 g/mol. The average molecular weight is 299 g/mol. The number of likely N-dealkylation sites (tertiary alicyclic amines) is 1. The Kier molecular flexibility index (Phi) is 5.93. The van der Waals surface area contributed by atoms with E-state index >= 15 is 0 Å². The van der Waals surface area contributed by atoms with E-state index < -0.39 is 5.97 Å². The maximum absolute atomic E-state index is 11.6. The van der Waals surface area contributed by atoms with Gasteiger partial charge in [-0.2, -0.15) is 0 Å². The fourth-order valence-corrected chi connectivity index (χ4v) is 3.68. The molecule has 0 aliphatic carbocycles. The molecule has 122 valence electrons. The first-order chi connectivity index (χ1) is 9.54. The molecule has 1 fully saturated rings. The molecule has 1 heterocycles. The molecular formula is C16H29NO4. The number of rotatable bonds is 7. The molecule has 0 aromatic heterocycles. The minimum atomic E-state index is -0.921. The van der Waals surface area contributed by atoms with Crippen molar-refractivity contribution < 1.29 is 19.8 Å². The number of aliphatic hydroxyl groups is 1. The van der Waals surface area contributed by atoms with E-state index in [1.165, 1.54) is 0 Å². The van der Waals surface area contributed by atoms with Crippen molar-refractivity contribution in [1.29, 1.82) is 0 Å². The summed E-state index contributed by atoms with van der Waals surface area (Å²) in [6.07, 6.45) is 2.42. The molecule has 5 nitrogen and oxygen atoms in total. The molecule has 0 radical (unpaired) electrons. The van der Waals surface area contributed by atoms with Crippen molar-refractivity contribution in [2.45, 2.75) is 83.4 Å². The van der Waals surface area contributed by atoms with E-state index in [2.05, 4.69) is 32.6 Å². The maximum Gasteiger partial charge on any atom is 0.303 e. The molecule has 0 atom stereocenters. The van der Waals surface area contributed by atoms with E-state index in [9.17, 15) is 14.7 Å². The van der Waals surface area contributed by atoms with Gasteiger partial charge in [0, 0.05) is 23.9 Å². The standard InChI is InChI=1S/C16H29NO4/c1-15(2)10-13(19)11-16(3,4)17(15)9-5-6-12(18)7-8-14(20)21/h13,19H,5-11H2,1-4H3,(H,20,21). The van der Waals surface area contributed by atoms with Crippen LogP contribution in [0.15, 0.2) is 0 Å². The summed E-state index contributed by atoms with van der Waals surface area (Å²) in [6, 6.07) is 0. The molecule has 0 spiro atoms. The number of nitrogens with zero attached hydrogens (tertiary/aromatic N) is 1. The quantitative estimate of drug-likeness (QED) is 0.753. The highest BCUT2D eigenvalue weighted by Crippen LogP contribution is 2.38. The van der Waals surface area contributed by atoms with E-state index in [1.54, 1.807) is 0 Å². The van der Waals surface area contributed by atoms with Gasteiger partial charge in [0.15, 0.2) is 0 Å². The van der Waals surface area contributed by atoms with Crippen LogP contribution in [0.25, 0.3) is 0 Å². The maximum atomic E-state index is 11.6. The number of carbonyl (C=O) groups is 2. The Morgan fingerprint density at radius 2 is 1.57 bits per heavy atom. The lowest BCUT2D eigenvalue weighted by molar-refractivity contribution is -0.138. The number of piperidine rings is 1. The lowest BCUT2D eigenvalue weighted by atomic mass is 9.78. The molecule has 0 bridgehead atoms. The molecule has 0 amide bonds. The molecule has 0 aromatic carbocycles. The van der Waals surface area contributed by atoms with Crippen LogP contribution in [0.3, 0.4) is 0 Å². The summed E-state index contributed by atoms with van der Waals surface area (Å²) in [5, 5.41) is 18.6. The summed E-state index contributed by atoms with van der Waals surface area (Å²) in [4.78, 5) is 24.5. The third-order valence-electron chi connectivity index (χ3n) is 4.39. The highest BCUT2D eigenvalue weighted by molar-refractivity contribution is 5.82. The number of ketones is 1. The Bertz CT molecular complexity index is 372.